The van der Waals surface area contributed by atoms with Crippen LogP contribution in [-0.4, -0.2) is 44.7 Å². The minimum Gasteiger partial charge on any atom is -0.493 e. The van der Waals surface area contributed by atoms with Crippen LogP contribution in [0.25, 0.3) is 5.69 Å². The van der Waals surface area contributed by atoms with Crippen LogP contribution in [0.1, 0.15) is 43.7 Å². The molecule has 0 fully saturated rings. The lowest BCUT2D eigenvalue weighted by molar-refractivity contribution is -0.123. The van der Waals surface area contributed by atoms with Gasteiger partial charge in [0.2, 0.25) is 5.69 Å². The standard InChI is InChI=1S/C21H25N5O4/c1-5-14(2)26-18(11-12-22-26)23-20(27)15(3)30-21(28)19-17(29-4)13-25(24-19)16-9-7-6-8-10-16/h6-15H,5H2,1-4H3,(H,23,27)/t14-,15-/m0/s1. The van der Waals surface area contributed by atoms with Crippen LogP contribution in [0.2, 0.25) is 0 Å². The minimum atomic E-state index is -1.04. The summed E-state index contributed by atoms with van der Waals surface area (Å²) in [5, 5.41) is 11.2. The molecule has 0 saturated heterocycles. The van der Waals surface area contributed by atoms with Gasteiger partial charge in [0.1, 0.15) is 5.82 Å². The molecule has 158 valence electrons. The van der Waals surface area contributed by atoms with Crippen LogP contribution in [0.5, 0.6) is 5.75 Å². The zero-order valence-corrected chi connectivity index (χ0v) is 17.4. The number of methoxy groups -OCH3 is 1. The highest BCUT2D eigenvalue weighted by molar-refractivity contribution is 5.97. The first-order valence-corrected chi connectivity index (χ1v) is 9.69. The Kier molecular flexibility index (Phi) is 6.51. The number of nitrogens with zero attached hydrogens (tertiary/aromatic N) is 4. The molecule has 0 aliphatic heterocycles. The molecular weight excluding hydrogens is 386 g/mol. The Morgan fingerprint density at radius 3 is 2.57 bits per heavy atom. The van der Waals surface area contributed by atoms with Gasteiger partial charge in [-0.15, -0.1) is 0 Å². The van der Waals surface area contributed by atoms with E-state index in [1.165, 1.54) is 18.7 Å². The van der Waals surface area contributed by atoms with E-state index in [2.05, 4.69) is 15.5 Å². The van der Waals surface area contributed by atoms with Crippen molar-refractivity contribution in [2.75, 3.05) is 12.4 Å². The van der Waals surface area contributed by atoms with E-state index in [-0.39, 0.29) is 17.5 Å². The first kappa shape index (κ1) is 21.1. The molecule has 0 radical (unpaired) electrons. The molecule has 0 aliphatic carbocycles. The van der Waals surface area contributed by atoms with Crippen LogP contribution >= 0.6 is 0 Å². The quantitative estimate of drug-likeness (QED) is 0.571. The topological polar surface area (TPSA) is 100 Å². The number of rotatable bonds is 8. The molecular formula is C21H25N5O4. The van der Waals surface area contributed by atoms with Crippen molar-refractivity contribution in [3.63, 3.8) is 0 Å². The predicted octanol–water partition coefficient (Wildman–Crippen LogP) is 3.23. The molecule has 2 heterocycles. The van der Waals surface area contributed by atoms with Gasteiger partial charge in [-0.05, 0) is 32.4 Å². The van der Waals surface area contributed by atoms with Gasteiger partial charge in [-0.3, -0.25) is 4.79 Å². The maximum atomic E-state index is 12.6. The van der Waals surface area contributed by atoms with Crippen molar-refractivity contribution >= 4 is 17.7 Å². The van der Waals surface area contributed by atoms with Crippen LogP contribution in [0.3, 0.4) is 0 Å². The number of amides is 1. The molecule has 9 heteroatoms. The first-order valence-electron chi connectivity index (χ1n) is 9.69. The number of aromatic nitrogens is 4. The lowest BCUT2D eigenvalue weighted by Crippen LogP contribution is -2.31. The zero-order valence-electron chi connectivity index (χ0n) is 17.4. The minimum absolute atomic E-state index is 0.00866. The van der Waals surface area contributed by atoms with Crippen molar-refractivity contribution in [1.29, 1.82) is 0 Å². The highest BCUT2D eigenvalue weighted by Crippen LogP contribution is 2.21. The summed E-state index contributed by atoms with van der Waals surface area (Å²) in [4.78, 5) is 25.2. The maximum Gasteiger partial charge on any atom is 0.363 e. The third kappa shape index (κ3) is 4.51. The second-order valence-electron chi connectivity index (χ2n) is 6.78. The fourth-order valence-electron chi connectivity index (χ4n) is 2.80. The van der Waals surface area contributed by atoms with Gasteiger partial charge < -0.3 is 14.8 Å². The van der Waals surface area contributed by atoms with E-state index in [1.807, 2.05) is 44.2 Å². The van der Waals surface area contributed by atoms with Crippen molar-refractivity contribution in [3.05, 3.63) is 54.5 Å². The number of para-hydroxylation sites is 1. The van der Waals surface area contributed by atoms with Crippen LogP contribution in [0.4, 0.5) is 5.82 Å². The maximum absolute atomic E-state index is 12.6. The van der Waals surface area contributed by atoms with Crippen molar-refractivity contribution in [3.8, 4) is 11.4 Å². The lowest BCUT2D eigenvalue weighted by atomic mass is 10.3. The summed E-state index contributed by atoms with van der Waals surface area (Å²) in [5.74, 6) is -0.413. The van der Waals surface area contributed by atoms with E-state index < -0.39 is 18.0 Å². The molecule has 0 saturated carbocycles. The van der Waals surface area contributed by atoms with E-state index in [0.717, 1.165) is 12.1 Å². The number of ether oxygens (including phenoxy) is 2. The second-order valence-corrected chi connectivity index (χ2v) is 6.78. The predicted molar refractivity (Wildman–Crippen MR) is 111 cm³/mol. The highest BCUT2D eigenvalue weighted by Gasteiger charge is 2.25. The van der Waals surface area contributed by atoms with Gasteiger partial charge >= 0.3 is 5.97 Å². The summed E-state index contributed by atoms with van der Waals surface area (Å²) < 4.78 is 13.8. The Bertz CT molecular complexity index is 1010. The van der Waals surface area contributed by atoms with Gasteiger partial charge in [0.15, 0.2) is 11.9 Å². The Hall–Kier alpha value is -3.62. The lowest BCUT2D eigenvalue weighted by Gasteiger charge is -2.16. The van der Waals surface area contributed by atoms with E-state index in [0.29, 0.717) is 5.82 Å². The SMILES string of the molecule is CC[C@H](C)n1nccc1NC(=O)[C@H](C)OC(=O)c1nn(-c2ccccc2)cc1OC. The van der Waals surface area contributed by atoms with E-state index in [1.54, 1.807) is 23.1 Å². The number of esters is 1. The molecule has 2 aromatic heterocycles. The van der Waals surface area contributed by atoms with Crippen LogP contribution in [-0.2, 0) is 9.53 Å². The molecule has 1 amide bonds. The molecule has 1 N–H and O–H groups in total. The molecule has 30 heavy (non-hydrogen) atoms. The third-order valence-electron chi connectivity index (χ3n) is 4.70. The number of nitrogens with one attached hydrogen (secondary N) is 1. The smallest absolute Gasteiger partial charge is 0.363 e. The van der Waals surface area contributed by atoms with Crippen LogP contribution < -0.4 is 10.1 Å². The Labute approximate surface area is 174 Å². The van der Waals surface area contributed by atoms with E-state index >= 15 is 0 Å². The Morgan fingerprint density at radius 1 is 1.17 bits per heavy atom. The summed E-state index contributed by atoms with van der Waals surface area (Å²) in [6.07, 6.45) is 3.02. The summed E-state index contributed by atoms with van der Waals surface area (Å²) >= 11 is 0. The first-order chi connectivity index (χ1) is 14.4. The highest BCUT2D eigenvalue weighted by atomic mass is 16.6. The molecule has 1 aromatic carbocycles. The van der Waals surface area contributed by atoms with Crippen molar-refractivity contribution in [2.24, 2.45) is 0 Å². The molecule has 2 atom stereocenters. The van der Waals surface area contributed by atoms with Crippen molar-refractivity contribution in [1.82, 2.24) is 19.6 Å². The van der Waals surface area contributed by atoms with E-state index in [9.17, 15) is 9.59 Å². The fourth-order valence-corrected chi connectivity index (χ4v) is 2.80. The number of carbonyl (C=O) groups excluding carboxylic acids is 2. The van der Waals surface area contributed by atoms with Crippen molar-refractivity contribution < 1.29 is 19.1 Å². The average Bonchev–Trinajstić information content (AvgIpc) is 3.40. The van der Waals surface area contributed by atoms with Gasteiger partial charge in [-0.1, -0.05) is 25.1 Å². The van der Waals surface area contributed by atoms with Gasteiger partial charge in [-0.2, -0.15) is 10.2 Å². The van der Waals surface area contributed by atoms with Gasteiger partial charge in [-0.25, -0.2) is 14.2 Å². The largest absolute Gasteiger partial charge is 0.493 e. The number of hydrogen-bond acceptors (Lipinski definition) is 6. The molecule has 0 bridgehead atoms. The number of anilines is 1. The summed E-state index contributed by atoms with van der Waals surface area (Å²) in [6, 6.07) is 11.1. The summed E-state index contributed by atoms with van der Waals surface area (Å²) in [7, 11) is 1.44. The number of hydrogen-bond donors (Lipinski definition) is 1. The molecule has 3 aromatic rings. The molecule has 0 aliphatic rings. The van der Waals surface area contributed by atoms with Crippen LogP contribution in [0.15, 0.2) is 48.8 Å². The van der Waals surface area contributed by atoms with Crippen molar-refractivity contribution in [2.45, 2.75) is 39.3 Å². The average molecular weight is 411 g/mol. The monoisotopic (exact) mass is 411 g/mol. The Balaban J connectivity index is 1.70. The Morgan fingerprint density at radius 2 is 1.90 bits per heavy atom. The van der Waals surface area contributed by atoms with Crippen LogP contribution in [0, 0.1) is 0 Å². The summed E-state index contributed by atoms with van der Waals surface area (Å²) in [6.45, 7) is 5.53. The zero-order chi connectivity index (χ0) is 21.7. The molecule has 3 rings (SSSR count). The number of carbonyl (C=O) groups is 2. The van der Waals surface area contributed by atoms with Gasteiger partial charge in [0.25, 0.3) is 5.91 Å². The normalized spacial score (nSPS) is 12.8. The molecule has 0 spiro atoms. The number of benzene rings is 1. The fraction of sp³-hybridized carbons (Fsp3) is 0.333. The molecule has 9 nitrogen and oxygen atoms in total. The summed E-state index contributed by atoms with van der Waals surface area (Å²) in [5.41, 5.74) is 0.754. The van der Waals surface area contributed by atoms with Gasteiger partial charge in [0.05, 0.1) is 31.2 Å². The van der Waals surface area contributed by atoms with Gasteiger partial charge in [0, 0.05) is 6.07 Å². The second kappa shape index (κ2) is 9.25. The van der Waals surface area contributed by atoms with E-state index in [4.69, 9.17) is 9.47 Å². The third-order valence-corrected chi connectivity index (χ3v) is 4.70. The molecule has 0 unspecified atom stereocenters.